The van der Waals surface area contributed by atoms with Crippen LogP contribution in [0.5, 0.6) is 0 Å². The van der Waals surface area contributed by atoms with Crippen LogP contribution >= 0.6 is 0 Å². The first-order valence-corrected chi connectivity index (χ1v) is 5.71. The van der Waals surface area contributed by atoms with E-state index < -0.39 is 11.7 Å². The summed E-state index contributed by atoms with van der Waals surface area (Å²) in [5, 5.41) is 18.9. The molecule has 5 heteroatoms. The molecule has 0 aliphatic carbocycles. The Labute approximate surface area is 95.1 Å². The Morgan fingerprint density at radius 2 is 2.19 bits per heavy atom. The molecule has 0 aromatic heterocycles. The Balaban J connectivity index is 2.80. The van der Waals surface area contributed by atoms with Gasteiger partial charge in [-0.2, -0.15) is 0 Å². The van der Waals surface area contributed by atoms with E-state index in [0.29, 0.717) is 13.0 Å². The van der Waals surface area contributed by atoms with E-state index in [9.17, 15) is 14.7 Å². The predicted molar refractivity (Wildman–Crippen MR) is 57.6 cm³/mol. The van der Waals surface area contributed by atoms with E-state index >= 15 is 0 Å². The molecule has 1 fully saturated rings. The largest absolute Gasteiger partial charge is 0.478 e. The highest BCUT2D eigenvalue weighted by atomic mass is 16.4. The first-order valence-electron chi connectivity index (χ1n) is 5.71. The van der Waals surface area contributed by atoms with Gasteiger partial charge in [0.25, 0.3) is 0 Å². The third-order valence-corrected chi connectivity index (χ3v) is 3.18. The maximum atomic E-state index is 11.7. The molecule has 1 saturated heterocycles. The van der Waals surface area contributed by atoms with Gasteiger partial charge in [-0.3, -0.25) is 4.79 Å². The van der Waals surface area contributed by atoms with Gasteiger partial charge in [0.2, 0.25) is 11.6 Å². The number of amides is 1. The number of carboxylic acid groups (broad SMARTS) is 1. The topological polar surface area (TPSA) is 77.8 Å². The lowest BCUT2D eigenvalue weighted by Crippen LogP contribution is -2.55. The van der Waals surface area contributed by atoms with Gasteiger partial charge in [-0.15, -0.1) is 0 Å². The number of aliphatic carboxylic acids is 1. The molecule has 0 saturated carbocycles. The van der Waals surface area contributed by atoms with Crippen LogP contribution in [0.15, 0.2) is 0 Å². The Hall–Kier alpha value is -1.10. The van der Waals surface area contributed by atoms with Gasteiger partial charge in [0.15, 0.2) is 0 Å². The zero-order valence-corrected chi connectivity index (χ0v) is 9.77. The van der Waals surface area contributed by atoms with Crippen LogP contribution in [0.1, 0.15) is 39.5 Å². The molecule has 2 N–H and O–H groups in total. The van der Waals surface area contributed by atoms with Crippen molar-refractivity contribution in [1.29, 1.82) is 0 Å². The summed E-state index contributed by atoms with van der Waals surface area (Å²) in [5.74, 6) is -1.43. The Morgan fingerprint density at radius 1 is 1.56 bits per heavy atom. The number of aliphatic hydroxyl groups is 1. The normalized spacial score (nSPS) is 24.6. The molecule has 16 heavy (non-hydrogen) atoms. The molecule has 2 atom stereocenters. The Morgan fingerprint density at radius 3 is 2.62 bits per heavy atom. The maximum Gasteiger partial charge on any atom is 0.357 e. The fraction of sp³-hybridized carbons (Fsp3) is 0.818. The van der Waals surface area contributed by atoms with E-state index in [1.165, 1.54) is 0 Å². The summed E-state index contributed by atoms with van der Waals surface area (Å²) in [6.45, 7) is 3.94. The van der Waals surface area contributed by atoms with E-state index in [2.05, 4.69) is 0 Å². The molecule has 0 radical (unpaired) electrons. The van der Waals surface area contributed by atoms with E-state index in [1.54, 1.807) is 6.92 Å². The number of rotatable bonds is 5. The summed E-state index contributed by atoms with van der Waals surface area (Å²) in [7, 11) is 0. The third kappa shape index (κ3) is 2.19. The summed E-state index contributed by atoms with van der Waals surface area (Å²) < 4.78 is 0. The molecule has 0 spiro atoms. The molecular formula is C11H19NO4. The molecule has 92 valence electrons. The van der Waals surface area contributed by atoms with Crippen molar-refractivity contribution in [1.82, 2.24) is 4.90 Å². The molecule has 1 heterocycles. The molecule has 1 unspecified atom stereocenters. The first-order chi connectivity index (χ1) is 7.45. The number of hydrogen-bond donors (Lipinski definition) is 2. The highest BCUT2D eigenvalue weighted by Crippen LogP contribution is 2.29. The molecule has 1 amide bonds. The van der Waals surface area contributed by atoms with Crippen LogP contribution in [0.3, 0.4) is 0 Å². The van der Waals surface area contributed by atoms with Gasteiger partial charge in [-0.05, 0) is 12.3 Å². The van der Waals surface area contributed by atoms with E-state index in [-0.39, 0.29) is 18.2 Å². The molecule has 1 aliphatic heterocycles. The number of likely N-dealkylation sites (tertiary alicyclic amines) is 1. The molecule has 0 aromatic rings. The third-order valence-electron chi connectivity index (χ3n) is 3.18. The summed E-state index contributed by atoms with van der Waals surface area (Å²) in [6.07, 6.45) is 2.21. The smallest absolute Gasteiger partial charge is 0.357 e. The van der Waals surface area contributed by atoms with Crippen molar-refractivity contribution in [2.24, 2.45) is 5.92 Å². The van der Waals surface area contributed by atoms with Crippen LogP contribution in [0.2, 0.25) is 0 Å². The summed E-state index contributed by atoms with van der Waals surface area (Å²) in [4.78, 5) is 23.8. The number of nitrogens with zero attached hydrogens (tertiary/aromatic N) is 1. The van der Waals surface area contributed by atoms with Crippen LogP contribution in [0.25, 0.3) is 0 Å². The second kappa shape index (κ2) is 4.82. The summed E-state index contributed by atoms with van der Waals surface area (Å²) in [6, 6.07) is 0. The minimum absolute atomic E-state index is 0.00686. The molecular weight excluding hydrogens is 210 g/mol. The fourth-order valence-electron chi connectivity index (χ4n) is 2.20. The Kier molecular flexibility index (Phi) is 3.91. The zero-order chi connectivity index (χ0) is 12.3. The van der Waals surface area contributed by atoms with Crippen LogP contribution in [0.4, 0.5) is 0 Å². The van der Waals surface area contributed by atoms with Crippen molar-refractivity contribution in [3.05, 3.63) is 0 Å². The summed E-state index contributed by atoms with van der Waals surface area (Å²) >= 11 is 0. The van der Waals surface area contributed by atoms with Gasteiger partial charge in [0.1, 0.15) is 0 Å². The molecule has 1 rings (SSSR count). The SMILES string of the molecule is CCC[C@@H]1CC(=O)N(C(O)(CC)C(=O)O)C1. The van der Waals surface area contributed by atoms with Gasteiger partial charge in [0.05, 0.1) is 0 Å². The zero-order valence-electron chi connectivity index (χ0n) is 9.77. The second-order valence-electron chi connectivity index (χ2n) is 4.34. The van der Waals surface area contributed by atoms with Gasteiger partial charge in [-0.1, -0.05) is 20.3 Å². The predicted octanol–water partition coefficient (Wildman–Crippen LogP) is 0.818. The summed E-state index contributed by atoms with van der Waals surface area (Å²) in [5.41, 5.74) is -2.03. The van der Waals surface area contributed by atoms with Crippen molar-refractivity contribution in [2.75, 3.05) is 6.54 Å². The highest BCUT2D eigenvalue weighted by Gasteiger charge is 2.47. The number of carbonyl (C=O) groups excluding carboxylic acids is 1. The average Bonchev–Trinajstić information content (AvgIpc) is 2.59. The van der Waals surface area contributed by atoms with E-state index in [0.717, 1.165) is 17.7 Å². The van der Waals surface area contributed by atoms with Crippen LogP contribution in [-0.4, -0.2) is 39.3 Å². The second-order valence-corrected chi connectivity index (χ2v) is 4.34. The lowest BCUT2D eigenvalue weighted by molar-refractivity contribution is -0.186. The monoisotopic (exact) mass is 229 g/mol. The first kappa shape index (κ1) is 13.0. The van der Waals surface area contributed by atoms with Crippen molar-refractivity contribution < 1.29 is 19.8 Å². The van der Waals surface area contributed by atoms with E-state index in [4.69, 9.17) is 5.11 Å². The quantitative estimate of drug-likeness (QED) is 0.731. The molecule has 0 aromatic carbocycles. The van der Waals surface area contributed by atoms with Crippen LogP contribution in [-0.2, 0) is 9.59 Å². The van der Waals surface area contributed by atoms with Crippen molar-refractivity contribution >= 4 is 11.9 Å². The lowest BCUT2D eigenvalue weighted by Gasteiger charge is -2.32. The maximum absolute atomic E-state index is 11.7. The van der Waals surface area contributed by atoms with E-state index in [1.807, 2.05) is 6.92 Å². The van der Waals surface area contributed by atoms with Gasteiger partial charge in [-0.25, -0.2) is 4.79 Å². The van der Waals surface area contributed by atoms with Crippen molar-refractivity contribution in [2.45, 2.75) is 45.3 Å². The number of carboxylic acids is 1. The average molecular weight is 229 g/mol. The fourth-order valence-corrected chi connectivity index (χ4v) is 2.20. The van der Waals surface area contributed by atoms with Gasteiger partial charge in [0, 0.05) is 19.4 Å². The van der Waals surface area contributed by atoms with Crippen LogP contribution < -0.4 is 0 Å². The molecule has 5 nitrogen and oxygen atoms in total. The van der Waals surface area contributed by atoms with Gasteiger partial charge >= 0.3 is 5.97 Å². The number of hydrogen-bond acceptors (Lipinski definition) is 3. The highest BCUT2D eigenvalue weighted by molar-refractivity contribution is 5.87. The van der Waals surface area contributed by atoms with Crippen molar-refractivity contribution in [3.8, 4) is 0 Å². The van der Waals surface area contributed by atoms with Crippen LogP contribution in [0, 0.1) is 5.92 Å². The minimum Gasteiger partial charge on any atom is -0.478 e. The lowest BCUT2D eigenvalue weighted by atomic mass is 10.0. The van der Waals surface area contributed by atoms with Crippen molar-refractivity contribution in [3.63, 3.8) is 0 Å². The number of carbonyl (C=O) groups is 2. The molecule has 0 bridgehead atoms. The Bertz CT molecular complexity index is 292. The minimum atomic E-state index is -2.03. The van der Waals surface area contributed by atoms with Gasteiger partial charge < -0.3 is 15.1 Å². The molecule has 1 aliphatic rings. The standard InChI is InChI=1S/C11H19NO4/c1-3-5-8-6-9(13)12(7-8)11(16,4-2)10(14)15/h8,16H,3-7H2,1-2H3,(H,14,15)/t8-,11?/m1/s1.